The van der Waals surface area contributed by atoms with Gasteiger partial charge in [0.05, 0.1) is 22.9 Å². The molecule has 106 valence electrons. The smallest absolute Gasteiger partial charge is 0.220 e. The average Bonchev–Trinajstić information content (AvgIpc) is 2.84. The van der Waals surface area contributed by atoms with Crippen molar-refractivity contribution >= 4 is 21.8 Å². The minimum absolute atomic E-state index is 0.0598. The number of amides is 1. The fourth-order valence-electron chi connectivity index (χ4n) is 2.01. The predicted octanol–water partition coefficient (Wildman–Crippen LogP) is 2.91. The van der Waals surface area contributed by atoms with Crippen LogP contribution in [0.3, 0.4) is 0 Å². The third-order valence-corrected chi connectivity index (χ3v) is 3.80. The molecule has 1 heterocycles. The van der Waals surface area contributed by atoms with Gasteiger partial charge in [0.1, 0.15) is 0 Å². The summed E-state index contributed by atoms with van der Waals surface area (Å²) in [4.78, 5) is 11.9. The van der Waals surface area contributed by atoms with E-state index in [4.69, 9.17) is 0 Å². The van der Waals surface area contributed by atoms with Crippen molar-refractivity contribution in [1.82, 2.24) is 15.1 Å². The summed E-state index contributed by atoms with van der Waals surface area (Å²) in [6.07, 6.45) is 3.03. The topological polar surface area (TPSA) is 46.9 Å². The van der Waals surface area contributed by atoms with Gasteiger partial charge in [-0.15, -0.1) is 0 Å². The summed E-state index contributed by atoms with van der Waals surface area (Å²) >= 11 is 3.45. The summed E-state index contributed by atoms with van der Waals surface area (Å²) in [6.45, 7) is 3.32. The van der Waals surface area contributed by atoms with Crippen LogP contribution in [0.25, 0.3) is 0 Å². The van der Waals surface area contributed by atoms with Gasteiger partial charge in [0, 0.05) is 13.0 Å². The van der Waals surface area contributed by atoms with Crippen LogP contribution in [0.15, 0.2) is 41.0 Å². The van der Waals surface area contributed by atoms with E-state index in [1.54, 1.807) is 6.20 Å². The zero-order valence-electron chi connectivity index (χ0n) is 11.5. The van der Waals surface area contributed by atoms with Crippen molar-refractivity contribution in [2.24, 2.45) is 0 Å². The third kappa shape index (κ3) is 3.93. The fourth-order valence-corrected chi connectivity index (χ4v) is 2.45. The van der Waals surface area contributed by atoms with Gasteiger partial charge in [0.2, 0.25) is 5.91 Å². The van der Waals surface area contributed by atoms with Gasteiger partial charge >= 0.3 is 0 Å². The number of hydrogen-bond acceptors (Lipinski definition) is 2. The molecule has 20 heavy (non-hydrogen) atoms. The highest BCUT2D eigenvalue weighted by Crippen LogP contribution is 2.15. The van der Waals surface area contributed by atoms with E-state index in [0.717, 1.165) is 23.1 Å². The Labute approximate surface area is 127 Å². The highest BCUT2D eigenvalue weighted by atomic mass is 79.9. The molecule has 0 bridgehead atoms. The number of rotatable bonds is 6. The molecule has 2 aromatic rings. The molecule has 0 saturated carbocycles. The van der Waals surface area contributed by atoms with E-state index < -0.39 is 0 Å². The summed E-state index contributed by atoms with van der Waals surface area (Å²) in [6, 6.07) is 10.0. The van der Waals surface area contributed by atoms with Crippen LogP contribution in [-0.2, 0) is 24.3 Å². The monoisotopic (exact) mass is 335 g/mol. The van der Waals surface area contributed by atoms with Crippen LogP contribution in [0.1, 0.15) is 24.6 Å². The summed E-state index contributed by atoms with van der Waals surface area (Å²) in [5, 5.41) is 7.17. The number of nitrogens with one attached hydrogen (secondary N) is 1. The number of carbonyl (C=O) groups is 1. The number of aryl methyl sites for hydroxylation is 2. The van der Waals surface area contributed by atoms with Crippen LogP contribution in [0.2, 0.25) is 0 Å². The highest BCUT2D eigenvalue weighted by Gasteiger charge is 2.09. The second kappa shape index (κ2) is 7.24. The highest BCUT2D eigenvalue weighted by molar-refractivity contribution is 9.10. The number of benzene rings is 1. The maximum atomic E-state index is 11.9. The minimum Gasteiger partial charge on any atom is -0.350 e. The average molecular weight is 336 g/mol. The van der Waals surface area contributed by atoms with Crippen molar-refractivity contribution < 1.29 is 4.79 Å². The molecular formula is C15H18BrN3O. The van der Waals surface area contributed by atoms with Gasteiger partial charge in [0.15, 0.2) is 0 Å². The lowest BCUT2D eigenvalue weighted by atomic mass is 10.1. The molecule has 0 unspecified atom stereocenters. The van der Waals surface area contributed by atoms with Gasteiger partial charge in [-0.25, -0.2) is 0 Å². The molecule has 5 heteroatoms. The lowest BCUT2D eigenvalue weighted by Gasteiger charge is -2.08. The Morgan fingerprint density at radius 1 is 1.35 bits per heavy atom. The van der Waals surface area contributed by atoms with Crippen molar-refractivity contribution in [2.45, 2.75) is 32.9 Å². The summed E-state index contributed by atoms with van der Waals surface area (Å²) in [5.41, 5.74) is 2.18. The molecule has 1 amide bonds. The first-order chi connectivity index (χ1) is 9.70. The van der Waals surface area contributed by atoms with E-state index in [-0.39, 0.29) is 5.91 Å². The second-order valence-corrected chi connectivity index (χ2v) is 5.37. The quantitative estimate of drug-likeness (QED) is 0.882. The van der Waals surface area contributed by atoms with E-state index in [2.05, 4.69) is 26.3 Å². The largest absolute Gasteiger partial charge is 0.350 e. The predicted molar refractivity (Wildman–Crippen MR) is 82.2 cm³/mol. The minimum atomic E-state index is 0.0598. The molecule has 0 spiro atoms. The Morgan fingerprint density at radius 2 is 2.10 bits per heavy atom. The summed E-state index contributed by atoms with van der Waals surface area (Å²) in [7, 11) is 0. The molecule has 0 aliphatic heterocycles. The maximum Gasteiger partial charge on any atom is 0.220 e. The Balaban J connectivity index is 1.82. The standard InChI is InChI=1S/C15H18BrN3O/c1-2-19-14(13(16)10-18-19)11-17-15(20)9-8-12-6-4-3-5-7-12/h3-7,10H,2,8-9,11H2,1H3,(H,17,20). The third-order valence-electron chi connectivity index (χ3n) is 3.13. The van der Waals surface area contributed by atoms with Crippen molar-refractivity contribution in [3.05, 3.63) is 52.3 Å². The van der Waals surface area contributed by atoms with Crippen LogP contribution >= 0.6 is 15.9 Å². The molecule has 4 nitrogen and oxygen atoms in total. The van der Waals surface area contributed by atoms with E-state index in [1.165, 1.54) is 5.56 Å². The van der Waals surface area contributed by atoms with Crippen LogP contribution in [0.4, 0.5) is 0 Å². The molecule has 0 fully saturated rings. The molecule has 0 radical (unpaired) electrons. The zero-order valence-corrected chi connectivity index (χ0v) is 13.1. The molecule has 0 aliphatic rings. The lowest BCUT2D eigenvalue weighted by Crippen LogP contribution is -2.24. The van der Waals surface area contributed by atoms with E-state index in [0.29, 0.717) is 13.0 Å². The number of carbonyl (C=O) groups excluding carboxylic acids is 1. The first-order valence-corrected chi connectivity index (χ1v) is 7.50. The molecular weight excluding hydrogens is 318 g/mol. The van der Waals surface area contributed by atoms with E-state index in [9.17, 15) is 4.79 Å². The molecule has 1 aromatic heterocycles. The van der Waals surface area contributed by atoms with Crippen LogP contribution in [0, 0.1) is 0 Å². The summed E-state index contributed by atoms with van der Waals surface area (Å²) in [5.74, 6) is 0.0598. The second-order valence-electron chi connectivity index (χ2n) is 4.52. The van der Waals surface area contributed by atoms with Crippen LogP contribution < -0.4 is 5.32 Å². The Kier molecular flexibility index (Phi) is 5.35. The first-order valence-electron chi connectivity index (χ1n) is 6.71. The van der Waals surface area contributed by atoms with Gasteiger partial charge in [-0.1, -0.05) is 30.3 Å². The molecule has 2 rings (SSSR count). The SMILES string of the molecule is CCn1ncc(Br)c1CNC(=O)CCc1ccccc1. The molecule has 0 atom stereocenters. The zero-order chi connectivity index (χ0) is 14.4. The van der Waals surface area contributed by atoms with Gasteiger partial charge in [0.25, 0.3) is 0 Å². The normalized spacial score (nSPS) is 10.5. The van der Waals surface area contributed by atoms with Crippen molar-refractivity contribution in [3.8, 4) is 0 Å². The Hall–Kier alpha value is -1.62. The van der Waals surface area contributed by atoms with Gasteiger partial charge in [-0.2, -0.15) is 5.10 Å². The van der Waals surface area contributed by atoms with E-state index >= 15 is 0 Å². The van der Waals surface area contributed by atoms with Gasteiger partial charge in [-0.05, 0) is 34.8 Å². The van der Waals surface area contributed by atoms with Gasteiger partial charge in [-0.3, -0.25) is 9.48 Å². The Morgan fingerprint density at radius 3 is 2.80 bits per heavy atom. The number of halogens is 1. The van der Waals surface area contributed by atoms with Crippen molar-refractivity contribution in [2.75, 3.05) is 0 Å². The van der Waals surface area contributed by atoms with E-state index in [1.807, 2.05) is 41.9 Å². The molecule has 1 N–H and O–H groups in total. The lowest BCUT2D eigenvalue weighted by molar-refractivity contribution is -0.121. The van der Waals surface area contributed by atoms with Crippen LogP contribution in [0.5, 0.6) is 0 Å². The fraction of sp³-hybridized carbons (Fsp3) is 0.333. The molecule has 1 aromatic carbocycles. The summed E-state index contributed by atoms with van der Waals surface area (Å²) < 4.78 is 2.81. The number of nitrogens with zero attached hydrogens (tertiary/aromatic N) is 2. The van der Waals surface area contributed by atoms with Crippen molar-refractivity contribution in [1.29, 1.82) is 0 Å². The number of aromatic nitrogens is 2. The van der Waals surface area contributed by atoms with Gasteiger partial charge < -0.3 is 5.32 Å². The Bertz CT molecular complexity index is 566. The maximum absolute atomic E-state index is 11.9. The van der Waals surface area contributed by atoms with Crippen LogP contribution in [-0.4, -0.2) is 15.7 Å². The molecule has 0 aliphatic carbocycles. The first kappa shape index (κ1) is 14.8. The van der Waals surface area contributed by atoms with Crippen molar-refractivity contribution in [3.63, 3.8) is 0 Å². The number of hydrogen-bond donors (Lipinski definition) is 1. The molecule has 0 saturated heterocycles.